The standard InChI is InChI=1S/C21H29F11NO7Si6/c1-13(46(8)39-43(4)37-41-36-42(3)38-44(5)40-46)45(6,7)15-11-9-10-14(12-15)33(2)16(34)17(22,19(25,26)27)35-21(31,32)18(23,24)20(28,29)30/h9-13H,1-8H3. The second kappa shape index (κ2) is 14.1. The molecule has 1 saturated heterocycles. The smallest absolute Gasteiger partial charge is 0.415 e. The van der Waals surface area contributed by atoms with Crippen LogP contribution in [0.3, 0.4) is 0 Å². The number of likely N-dealkylation sites (N-methyl/N-ethyl adjacent to an activating group) is 1. The molecule has 0 saturated carbocycles. The summed E-state index contributed by atoms with van der Waals surface area (Å²) in [6, 6.07) is 4.90. The number of carbonyl (C=O) groups excluding carboxylic acids is 1. The first-order valence-electron chi connectivity index (χ1n) is 12.9. The molecule has 5 radical (unpaired) electrons. The van der Waals surface area contributed by atoms with Gasteiger partial charge in [0, 0.05) is 12.7 Å². The second-order valence-electron chi connectivity index (χ2n) is 10.7. The van der Waals surface area contributed by atoms with Gasteiger partial charge in [0.25, 0.3) is 0 Å². The van der Waals surface area contributed by atoms with Crippen LogP contribution in [0.2, 0.25) is 44.4 Å². The third-order valence-corrected chi connectivity index (χ3v) is 27.2. The number of hydrogen-bond acceptors (Lipinski definition) is 7. The van der Waals surface area contributed by atoms with Crippen LogP contribution in [0, 0.1) is 0 Å². The minimum absolute atomic E-state index is 0.169. The molecule has 2 rings (SSSR count). The maximum absolute atomic E-state index is 15.1. The van der Waals surface area contributed by atoms with Crippen molar-refractivity contribution in [1.82, 2.24) is 0 Å². The summed E-state index contributed by atoms with van der Waals surface area (Å²) < 4.78 is 180. The second-order valence-corrected chi connectivity index (χ2v) is 26.3. The molecule has 1 fully saturated rings. The van der Waals surface area contributed by atoms with Gasteiger partial charge in [-0.15, -0.1) is 0 Å². The van der Waals surface area contributed by atoms with Gasteiger partial charge < -0.3 is 25.5 Å². The van der Waals surface area contributed by atoms with Crippen LogP contribution in [0.1, 0.15) is 6.92 Å². The topological polar surface area (TPSA) is 75.7 Å². The summed E-state index contributed by atoms with van der Waals surface area (Å²) in [5.74, 6) is -16.7. The highest BCUT2D eigenvalue weighted by Gasteiger charge is 2.80. The molecule has 1 amide bonds. The highest BCUT2D eigenvalue weighted by Crippen LogP contribution is 2.51. The van der Waals surface area contributed by atoms with Crippen LogP contribution in [0.25, 0.3) is 0 Å². The SMILES string of the molecule is CC([Si]1(C)O[Si](C)O[Si]O[Si](C)O[Si](C)O1)[Si](C)(C)c1cccc(N(C)C(=O)C(F)(OC(F)(F)C(F)(F)C(F)(F)F)C(F)(F)F)c1. The number of nitrogens with zero attached hydrogens (tertiary/aromatic N) is 1. The zero-order chi connectivity index (χ0) is 35.9. The number of alkyl halides is 11. The first-order chi connectivity index (χ1) is 20.5. The van der Waals surface area contributed by atoms with Crippen molar-refractivity contribution in [2.24, 2.45) is 0 Å². The van der Waals surface area contributed by atoms with Crippen molar-refractivity contribution in [2.45, 2.75) is 81.6 Å². The monoisotopic (exact) mass is 784 g/mol. The Kier molecular flexibility index (Phi) is 12.6. The van der Waals surface area contributed by atoms with Crippen molar-refractivity contribution < 1.29 is 78.4 Å². The van der Waals surface area contributed by atoms with E-state index in [1.807, 2.05) is 20.0 Å². The highest BCUT2D eigenvalue weighted by molar-refractivity contribution is 7.02. The van der Waals surface area contributed by atoms with Gasteiger partial charge in [0.1, 0.15) is 0 Å². The fourth-order valence-electron chi connectivity index (χ4n) is 4.15. The van der Waals surface area contributed by atoms with E-state index >= 15 is 4.39 Å². The molecule has 3 atom stereocenters. The molecular weight excluding hydrogens is 756 g/mol. The summed E-state index contributed by atoms with van der Waals surface area (Å²) in [5.41, 5.74) is -0.542. The molecule has 0 N–H and O–H groups in total. The molecule has 46 heavy (non-hydrogen) atoms. The minimum atomic E-state index is -7.30. The first-order valence-corrected chi connectivity index (χ1v) is 24.6. The summed E-state index contributed by atoms with van der Waals surface area (Å²) in [7, 11) is -11.5. The number of ether oxygens (including phenoxy) is 1. The Labute approximate surface area is 267 Å². The molecule has 1 aliphatic rings. The number of carbonyl (C=O) groups is 1. The van der Waals surface area contributed by atoms with Gasteiger partial charge in [0.05, 0.1) is 8.07 Å². The Morgan fingerprint density at radius 3 is 1.96 bits per heavy atom. The van der Waals surface area contributed by atoms with E-state index in [1.165, 1.54) is 12.1 Å². The molecule has 1 aromatic carbocycles. The van der Waals surface area contributed by atoms with Crippen LogP contribution < -0.4 is 10.1 Å². The van der Waals surface area contributed by atoms with Crippen LogP contribution in [-0.4, -0.2) is 97.7 Å². The predicted molar refractivity (Wildman–Crippen MR) is 151 cm³/mol. The van der Waals surface area contributed by atoms with Crippen LogP contribution >= 0.6 is 0 Å². The molecular formula is C21H29F11NO7Si6. The molecule has 0 aliphatic carbocycles. The van der Waals surface area contributed by atoms with E-state index in [0.29, 0.717) is 12.2 Å². The van der Waals surface area contributed by atoms with E-state index in [4.69, 9.17) is 20.6 Å². The lowest BCUT2D eigenvalue weighted by Gasteiger charge is -2.43. The normalized spacial score (nSPS) is 23.1. The fraction of sp³-hybridized carbons (Fsp3) is 0.667. The van der Waals surface area contributed by atoms with Gasteiger partial charge in [-0.05, 0) is 43.5 Å². The molecule has 8 nitrogen and oxygen atoms in total. The third kappa shape index (κ3) is 8.58. The Bertz CT molecular complexity index is 1230. The minimum Gasteiger partial charge on any atom is -0.415 e. The quantitative estimate of drug-likeness (QED) is 0.252. The molecule has 0 bridgehead atoms. The fourth-order valence-corrected chi connectivity index (χ4v) is 23.8. The van der Waals surface area contributed by atoms with Crippen LogP contribution in [0.5, 0.6) is 0 Å². The number of benzene rings is 1. The van der Waals surface area contributed by atoms with Crippen molar-refractivity contribution in [1.29, 1.82) is 0 Å². The number of rotatable bonds is 8. The summed E-state index contributed by atoms with van der Waals surface area (Å²) in [5, 5.41) is 0.0464. The molecule has 0 aromatic heterocycles. The van der Waals surface area contributed by atoms with Crippen LogP contribution in [0.15, 0.2) is 24.3 Å². The van der Waals surface area contributed by atoms with Crippen molar-refractivity contribution in [2.75, 3.05) is 11.9 Å². The molecule has 0 spiro atoms. The Hall–Kier alpha value is -1.02. The van der Waals surface area contributed by atoms with E-state index in [0.717, 1.165) is 12.1 Å². The van der Waals surface area contributed by atoms with Crippen molar-refractivity contribution >= 4 is 71.3 Å². The maximum Gasteiger partial charge on any atom is 0.462 e. The van der Waals surface area contributed by atoms with Gasteiger partial charge in [-0.25, -0.2) is 0 Å². The average Bonchev–Trinajstić information content (AvgIpc) is 2.89. The predicted octanol–water partition coefficient (Wildman–Crippen LogP) is 5.59. The zero-order valence-corrected chi connectivity index (χ0v) is 31.3. The van der Waals surface area contributed by atoms with Gasteiger partial charge in [0.2, 0.25) is 0 Å². The van der Waals surface area contributed by atoms with Crippen LogP contribution in [0.4, 0.5) is 54.0 Å². The van der Waals surface area contributed by atoms with Crippen molar-refractivity contribution in [3.8, 4) is 0 Å². The lowest BCUT2D eigenvalue weighted by molar-refractivity contribution is -0.472. The number of anilines is 1. The van der Waals surface area contributed by atoms with Gasteiger partial charge >= 0.3 is 82.6 Å². The third-order valence-electron chi connectivity index (χ3n) is 7.13. The average molecular weight is 785 g/mol. The molecule has 1 heterocycles. The van der Waals surface area contributed by atoms with Crippen LogP contribution in [-0.2, 0) is 30.1 Å². The van der Waals surface area contributed by atoms with Gasteiger partial charge in [-0.1, -0.05) is 37.3 Å². The molecule has 261 valence electrons. The van der Waals surface area contributed by atoms with Gasteiger partial charge in [-0.3, -0.25) is 9.53 Å². The van der Waals surface area contributed by atoms with Gasteiger partial charge in [-0.2, -0.15) is 48.3 Å². The van der Waals surface area contributed by atoms with Crippen molar-refractivity contribution in [3.05, 3.63) is 24.3 Å². The number of halogens is 11. The Balaban J connectivity index is 2.51. The highest BCUT2D eigenvalue weighted by atomic mass is 28.5. The van der Waals surface area contributed by atoms with Crippen molar-refractivity contribution in [3.63, 3.8) is 0 Å². The molecule has 1 aromatic rings. The zero-order valence-electron chi connectivity index (χ0n) is 25.3. The number of hydrogen-bond donors (Lipinski definition) is 0. The van der Waals surface area contributed by atoms with E-state index in [-0.39, 0.29) is 20.1 Å². The molecule has 3 unspecified atom stereocenters. The van der Waals surface area contributed by atoms with E-state index in [1.54, 1.807) is 26.2 Å². The summed E-state index contributed by atoms with van der Waals surface area (Å²) >= 11 is 0. The lowest BCUT2D eigenvalue weighted by Crippen LogP contribution is -2.64. The van der Waals surface area contributed by atoms with E-state index in [2.05, 4.69) is 4.74 Å². The van der Waals surface area contributed by atoms with E-state index < -0.39 is 86.3 Å². The lowest BCUT2D eigenvalue weighted by atomic mass is 10.2. The summed E-state index contributed by atoms with van der Waals surface area (Å²) in [4.78, 5) is 12.5. The first kappa shape index (κ1) is 41.2. The summed E-state index contributed by atoms with van der Waals surface area (Å²) in [6.07, 6.45) is -21.1. The number of amides is 1. The Morgan fingerprint density at radius 1 is 0.913 bits per heavy atom. The molecule has 1 aliphatic heterocycles. The van der Waals surface area contributed by atoms with Gasteiger partial charge in [0.15, 0.2) is 0 Å². The largest absolute Gasteiger partial charge is 0.462 e. The summed E-state index contributed by atoms with van der Waals surface area (Å²) in [6.45, 7) is 12.5. The molecule has 25 heteroatoms. The van der Waals surface area contributed by atoms with E-state index in [9.17, 15) is 48.7 Å². The maximum atomic E-state index is 15.1. The Morgan fingerprint density at radius 2 is 1.43 bits per heavy atom.